The first-order valence-corrected chi connectivity index (χ1v) is 8.70. The van der Waals surface area contributed by atoms with Crippen LogP contribution in [0, 0.1) is 5.92 Å². The fraction of sp³-hybridized carbons (Fsp3) is 0.769. The highest BCUT2D eigenvalue weighted by Crippen LogP contribution is 2.22. The van der Waals surface area contributed by atoms with Crippen molar-refractivity contribution in [1.29, 1.82) is 0 Å². The van der Waals surface area contributed by atoms with Crippen molar-refractivity contribution in [2.75, 3.05) is 25.1 Å². The molecule has 1 unspecified atom stereocenters. The number of rotatable bonds is 6. The Kier molecular flexibility index (Phi) is 4.99. The van der Waals surface area contributed by atoms with Crippen LogP contribution in [-0.2, 0) is 22.7 Å². The van der Waals surface area contributed by atoms with Gasteiger partial charge >= 0.3 is 0 Å². The van der Waals surface area contributed by atoms with E-state index in [0.29, 0.717) is 18.1 Å². The summed E-state index contributed by atoms with van der Waals surface area (Å²) in [5.41, 5.74) is 0. The third kappa shape index (κ3) is 4.62. The molecule has 0 aromatic carbocycles. The van der Waals surface area contributed by atoms with Gasteiger partial charge in [0.05, 0.1) is 17.7 Å². The molecule has 6 heteroatoms. The average Bonchev–Trinajstić information content (AvgIpc) is 2.76. The van der Waals surface area contributed by atoms with Crippen LogP contribution in [0.4, 0.5) is 0 Å². The van der Waals surface area contributed by atoms with E-state index >= 15 is 0 Å². The number of oxazole rings is 1. The molecule has 1 aromatic rings. The summed E-state index contributed by atoms with van der Waals surface area (Å²) < 4.78 is 28.8. The average molecular weight is 286 g/mol. The Morgan fingerprint density at radius 1 is 1.53 bits per heavy atom. The lowest BCUT2D eigenvalue weighted by Crippen LogP contribution is -2.26. The highest BCUT2D eigenvalue weighted by atomic mass is 32.2. The van der Waals surface area contributed by atoms with Crippen LogP contribution in [0.15, 0.2) is 10.6 Å². The van der Waals surface area contributed by atoms with E-state index in [-0.39, 0.29) is 11.7 Å². The molecule has 0 bridgehead atoms. The van der Waals surface area contributed by atoms with Gasteiger partial charge in [-0.25, -0.2) is 13.4 Å². The van der Waals surface area contributed by atoms with Crippen molar-refractivity contribution in [1.82, 2.24) is 10.3 Å². The molecule has 1 aliphatic heterocycles. The highest BCUT2D eigenvalue weighted by molar-refractivity contribution is 7.91. The van der Waals surface area contributed by atoms with Crippen molar-refractivity contribution in [3.05, 3.63) is 17.8 Å². The molecule has 2 rings (SSSR count). The zero-order chi connectivity index (χ0) is 13.7. The fourth-order valence-corrected chi connectivity index (χ4v) is 4.30. The molecule has 0 radical (unpaired) electrons. The Bertz CT molecular complexity index is 496. The van der Waals surface area contributed by atoms with E-state index < -0.39 is 9.84 Å². The minimum Gasteiger partial charge on any atom is -0.446 e. The molecule has 5 nitrogen and oxygen atoms in total. The Morgan fingerprint density at radius 2 is 2.37 bits per heavy atom. The lowest BCUT2D eigenvalue weighted by atomic mass is 10.0. The zero-order valence-electron chi connectivity index (χ0n) is 11.4. The van der Waals surface area contributed by atoms with Crippen LogP contribution in [0.5, 0.6) is 0 Å². The van der Waals surface area contributed by atoms with Crippen LogP contribution in [0.3, 0.4) is 0 Å². The minimum absolute atomic E-state index is 0.169. The van der Waals surface area contributed by atoms with Crippen molar-refractivity contribution in [3.8, 4) is 0 Å². The van der Waals surface area contributed by atoms with Gasteiger partial charge in [-0.2, -0.15) is 0 Å². The molecule has 108 valence electrons. The van der Waals surface area contributed by atoms with Gasteiger partial charge in [0.1, 0.15) is 5.76 Å². The third-order valence-corrected chi connectivity index (χ3v) is 5.36. The van der Waals surface area contributed by atoms with E-state index in [9.17, 15) is 8.42 Å². The highest BCUT2D eigenvalue weighted by Gasteiger charge is 2.26. The molecular formula is C13H22N2O3S. The van der Waals surface area contributed by atoms with Gasteiger partial charge in [0, 0.05) is 12.8 Å². The zero-order valence-corrected chi connectivity index (χ0v) is 12.2. The standard InChI is InChI=1S/C13H22N2O3S/c1-14-6-2-5-12-9-15-13(18-12)8-11-4-3-7-19(16,17)10-11/h9,11,14H,2-8,10H2,1H3. The SMILES string of the molecule is CNCCCc1cnc(CC2CCCS(=O)(=O)C2)o1. The largest absolute Gasteiger partial charge is 0.446 e. The molecule has 1 aromatic heterocycles. The van der Waals surface area contributed by atoms with Crippen molar-refractivity contribution in [2.24, 2.45) is 5.92 Å². The summed E-state index contributed by atoms with van der Waals surface area (Å²) in [6.45, 7) is 0.955. The second-order valence-electron chi connectivity index (χ2n) is 5.25. The number of sulfone groups is 1. The number of nitrogens with one attached hydrogen (secondary N) is 1. The Labute approximate surface area is 114 Å². The van der Waals surface area contributed by atoms with Crippen molar-refractivity contribution in [2.45, 2.75) is 32.1 Å². The smallest absolute Gasteiger partial charge is 0.194 e. The lowest BCUT2D eigenvalue weighted by Gasteiger charge is -2.20. The van der Waals surface area contributed by atoms with Gasteiger partial charge < -0.3 is 9.73 Å². The molecule has 1 saturated heterocycles. The fourth-order valence-electron chi connectivity index (χ4n) is 2.52. The van der Waals surface area contributed by atoms with E-state index in [2.05, 4.69) is 10.3 Å². The molecule has 19 heavy (non-hydrogen) atoms. The van der Waals surface area contributed by atoms with Crippen molar-refractivity contribution >= 4 is 9.84 Å². The molecule has 0 saturated carbocycles. The maximum absolute atomic E-state index is 11.6. The van der Waals surface area contributed by atoms with Crippen LogP contribution in [0.1, 0.15) is 30.9 Å². The van der Waals surface area contributed by atoms with E-state index in [0.717, 1.165) is 38.0 Å². The molecule has 1 aliphatic rings. The van der Waals surface area contributed by atoms with Gasteiger partial charge in [0.25, 0.3) is 0 Å². The number of nitrogens with zero attached hydrogens (tertiary/aromatic N) is 1. The molecule has 2 heterocycles. The number of aryl methyl sites for hydroxylation is 1. The minimum atomic E-state index is -2.84. The van der Waals surface area contributed by atoms with Crippen LogP contribution >= 0.6 is 0 Å². The molecule has 0 spiro atoms. The third-order valence-electron chi connectivity index (χ3n) is 3.47. The monoisotopic (exact) mass is 286 g/mol. The summed E-state index contributed by atoms with van der Waals surface area (Å²) in [5.74, 6) is 2.36. The Hall–Kier alpha value is -0.880. The van der Waals surface area contributed by atoms with E-state index in [1.54, 1.807) is 6.20 Å². The lowest BCUT2D eigenvalue weighted by molar-refractivity contribution is 0.397. The van der Waals surface area contributed by atoms with E-state index in [1.165, 1.54) is 0 Å². The van der Waals surface area contributed by atoms with Gasteiger partial charge in [-0.3, -0.25) is 0 Å². The molecule has 0 amide bonds. The molecule has 1 fully saturated rings. The molecule has 1 atom stereocenters. The van der Waals surface area contributed by atoms with Crippen LogP contribution in [0.25, 0.3) is 0 Å². The topological polar surface area (TPSA) is 72.2 Å². The summed E-state index contributed by atoms with van der Waals surface area (Å²) in [5, 5.41) is 3.09. The van der Waals surface area contributed by atoms with Crippen molar-refractivity contribution < 1.29 is 12.8 Å². The van der Waals surface area contributed by atoms with Crippen LogP contribution < -0.4 is 5.32 Å². The molecule has 1 N–H and O–H groups in total. The van der Waals surface area contributed by atoms with Gasteiger partial charge in [-0.1, -0.05) is 0 Å². The first-order chi connectivity index (χ1) is 9.09. The number of hydrogen-bond donors (Lipinski definition) is 1. The predicted molar refractivity (Wildman–Crippen MR) is 73.8 cm³/mol. The van der Waals surface area contributed by atoms with Crippen LogP contribution in [0.2, 0.25) is 0 Å². The second-order valence-corrected chi connectivity index (χ2v) is 7.48. The number of aromatic nitrogens is 1. The van der Waals surface area contributed by atoms with E-state index in [4.69, 9.17) is 4.42 Å². The quantitative estimate of drug-likeness (QED) is 0.795. The molecular weight excluding hydrogens is 264 g/mol. The van der Waals surface area contributed by atoms with E-state index in [1.807, 2.05) is 7.05 Å². The van der Waals surface area contributed by atoms with Gasteiger partial charge in [0.2, 0.25) is 0 Å². The Balaban J connectivity index is 1.85. The first kappa shape index (κ1) is 14.5. The maximum atomic E-state index is 11.6. The maximum Gasteiger partial charge on any atom is 0.194 e. The number of hydrogen-bond acceptors (Lipinski definition) is 5. The summed E-state index contributed by atoms with van der Waals surface area (Å²) in [4.78, 5) is 4.25. The van der Waals surface area contributed by atoms with Crippen molar-refractivity contribution in [3.63, 3.8) is 0 Å². The van der Waals surface area contributed by atoms with Gasteiger partial charge in [0.15, 0.2) is 15.7 Å². The predicted octanol–water partition coefficient (Wildman–Crippen LogP) is 1.19. The van der Waals surface area contributed by atoms with Gasteiger partial charge in [-0.05, 0) is 38.8 Å². The first-order valence-electron chi connectivity index (χ1n) is 6.87. The summed E-state index contributed by atoms with van der Waals surface area (Å²) >= 11 is 0. The second kappa shape index (κ2) is 6.52. The normalized spacial score (nSPS) is 22.5. The molecule has 0 aliphatic carbocycles. The summed E-state index contributed by atoms with van der Waals surface area (Å²) in [6, 6.07) is 0. The Morgan fingerprint density at radius 3 is 3.11 bits per heavy atom. The summed E-state index contributed by atoms with van der Waals surface area (Å²) in [6.07, 6.45) is 6.02. The van der Waals surface area contributed by atoms with Crippen LogP contribution in [-0.4, -0.2) is 38.5 Å². The van der Waals surface area contributed by atoms with Gasteiger partial charge in [-0.15, -0.1) is 0 Å². The summed E-state index contributed by atoms with van der Waals surface area (Å²) in [7, 11) is -0.915.